The molecule has 0 unspecified atom stereocenters. The summed E-state index contributed by atoms with van der Waals surface area (Å²) in [5.74, 6) is 0. The summed E-state index contributed by atoms with van der Waals surface area (Å²) in [6.45, 7) is 2.29. The number of unbranched alkanes of at least 4 members (excludes halogenated alkanes) is 12. The highest BCUT2D eigenvalue weighted by Crippen LogP contribution is 2.27. The number of nitrogens with zero attached hydrogens (tertiary/aromatic N) is 1. The first kappa shape index (κ1) is 21.8. The molecule has 0 fully saturated rings. The van der Waals surface area contributed by atoms with Crippen molar-refractivity contribution in [2.24, 2.45) is 0 Å². The molecule has 156 valence electrons. The maximum atomic E-state index is 4.85. The predicted molar refractivity (Wildman–Crippen MR) is 129 cm³/mol. The van der Waals surface area contributed by atoms with Gasteiger partial charge in [0.05, 0.1) is 11.0 Å². The van der Waals surface area contributed by atoms with Gasteiger partial charge in [-0.2, -0.15) is 0 Å². The predicted octanol–water partition coefficient (Wildman–Crippen LogP) is 9.02. The van der Waals surface area contributed by atoms with Crippen LogP contribution in [0.5, 0.6) is 0 Å². The molecule has 0 spiro atoms. The van der Waals surface area contributed by atoms with Crippen molar-refractivity contribution in [1.82, 2.24) is 4.98 Å². The Kier molecular flexibility index (Phi) is 9.50. The van der Waals surface area contributed by atoms with E-state index in [1.54, 1.807) is 0 Å². The fourth-order valence-electron chi connectivity index (χ4n) is 4.52. The second-order valence-corrected chi connectivity index (χ2v) is 8.62. The Morgan fingerprint density at radius 3 is 1.41 bits per heavy atom. The van der Waals surface area contributed by atoms with Crippen molar-refractivity contribution in [2.75, 3.05) is 0 Å². The molecule has 0 radical (unpaired) electrons. The number of para-hydroxylation sites is 2. The molecule has 3 rings (SSSR count). The number of hydrogen-bond donors (Lipinski definition) is 0. The van der Waals surface area contributed by atoms with E-state index in [0.29, 0.717) is 0 Å². The van der Waals surface area contributed by atoms with Crippen LogP contribution in [0, 0.1) is 0 Å². The van der Waals surface area contributed by atoms with Crippen LogP contribution in [0.25, 0.3) is 21.8 Å². The second kappa shape index (κ2) is 12.6. The van der Waals surface area contributed by atoms with E-state index < -0.39 is 0 Å². The first-order valence-corrected chi connectivity index (χ1v) is 12.2. The van der Waals surface area contributed by atoms with Crippen molar-refractivity contribution < 1.29 is 0 Å². The molecule has 3 aromatic rings. The highest BCUT2D eigenvalue weighted by atomic mass is 14.7. The molecule has 1 aromatic heterocycles. The third kappa shape index (κ3) is 6.84. The smallest absolute Gasteiger partial charge is 0.0712 e. The van der Waals surface area contributed by atoms with Crippen LogP contribution >= 0.6 is 0 Å². The topological polar surface area (TPSA) is 12.9 Å². The van der Waals surface area contributed by atoms with E-state index in [-0.39, 0.29) is 0 Å². The third-order valence-corrected chi connectivity index (χ3v) is 6.23. The van der Waals surface area contributed by atoms with Crippen molar-refractivity contribution >= 4 is 21.8 Å². The molecule has 0 aliphatic rings. The van der Waals surface area contributed by atoms with Crippen LogP contribution in [0.1, 0.15) is 96.0 Å². The molecule has 0 saturated heterocycles. The summed E-state index contributed by atoms with van der Waals surface area (Å²) < 4.78 is 0. The number of aryl methyl sites for hydroxylation is 1. The fourth-order valence-corrected chi connectivity index (χ4v) is 4.52. The zero-order chi connectivity index (χ0) is 20.2. The number of pyridine rings is 1. The van der Waals surface area contributed by atoms with E-state index in [1.165, 1.54) is 106 Å². The third-order valence-electron chi connectivity index (χ3n) is 6.23. The van der Waals surface area contributed by atoms with E-state index >= 15 is 0 Å². The molecular weight excluding hydrogens is 350 g/mol. The molecule has 0 atom stereocenters. The highest BCUT2D eigenvalue weighted by molar-refractivity contribution is 5.97. The van der Waals surface area contributed by atoms with Gasteiger partial charge in [0.2, 0.25) is 0 Å². The van der Waals surface area contributed by atoms with Gasteiger partial charge in [-0.1, -0.05) is 120 Å². The Balaban J connectivity index is 1.36. The number of rotatable bonds is 14. The molecule has 0 aliphatic carbocycles. The van der Waals surface area contributed by atoms with Crippen LogP contribution in [-0.2, 0) is 6.42 Å². The van der Waals surface area contributed by atoms with Crippen molar-refractivity contribution in [3.05, 3.63) is 54.1 Å². The van der Waals surface area contributed by atoms with Crippen molar-refractivity contribution in [3.8, 4) is 0 Å². The SMILES string of the molecule is CCCCCCCCCCCCCCCc1c2ccccc2nc2ccccc12. The highest BCUT2D eigenvalue weighted by Gasteiger charge is 2.08. The van der Waals surface area contributed by atoms with E-state index in [9.17, 15) is 0 Å². The van der Waals surface area contributed by atoms with Gasteiger partial charge < -0.3 is 0 Å². The van der Waals surface area contributed by atoms with Gasteiger partial charge in [0.25, 0.3) is 0 Å². The molecular formula is C28H39N. The minimum atomic E-state index is 1.14. The Morgan fingerprint density at radius 2 is 0.931 bits per heavy atom. The Labute approximate surface area is 177 Å². The van der Waals surface area contributed by atoms with Gasteiger partial charge in [0.15, 0.2) is 0 Å². The van der Waals surface area contributed by atoms with E-state index in [2.05, 4.69) is 55.5 Å². The summed E-state index contributed by atoms with van der Waals surface area (Å²) in [4.78, 5) is 4.85. The van der Waals surface area contributed by atoms with Gasteiger partial charge in [-0.15, -0.1) is 0 Å². The minimum absolute atomic E-state index is 1.14. The lowest BCUT2D eigenvalue weighted by atomic mass is 9.97. The van der Waals surface area contributed by atoms with Crippen LogP contribution < -0.4 is 0 Å². The van der Waals surface area contributed by atoms with Gasteiger partial charge in [0, 0.05) is 10.8 Å². The van der Waals surface area contributed by atoms with Crippen molar-refractivity contribution in [1.29, 1.82) is 0 Å². The lowest BCUT2D eigenvalue weighted by Gasteiger charge is -2.11. The molecule has 1 nitrogen and oxygen atoms in total. The van der Waals surface area contributed by atoms with Gasteiger partial charge in [0.1, 0.15) is 0 Å². The Bertz CT molecular complexity index is 797. The van der Waals surface area contributed by atoms with Gasteiger partial charge in [-0.05, 0) is 30.5 Å². The minimum Gasteiger partial charge on any atom is -0.248 e. The standard InChI is InChI=1S/C28H39N/c1-2-3-4-5-6-7-8-9-10-11-12-13-14-19-24-25-20-15-17-22-27(25)29-28-23-18-16-21-26(24)28/h15-18,20-23H,2-14,19H2,1H3. The van der Waals surface area contributed by atoms with Crippen LogP contribution in [0.4, 0.5) is 0 Å². The van der Waals surface area contributed by atoms with Gasteiger partial charge >= 0.3 is 0 Å². The normalized spacial score (nSPS) is 11.5. The van der Waals surface area contributed by atoms with Crippen LogP contribution in [-0.4, -0.2) is 4.98 Å². The number of aromatic nitrogens is 1. The largest absolute Gasteiger partial charge is 0.248 e. The lowest BCUT2D eigenvalue weighted by Crippen LogP contribution is -1.93. The summed E-state index contributed by atoms with van der Waals surface area (Å²) in [5, 5.41) is 2.68. The zero-order valence-corrected chi connectivity index (χ0v) is 18.5. The average Bonchev–Trinajstić information content (AvgIpc) is 2.76. The van der Waals surface area contributed by atoms with Gasteiger partial charge in [-0.3, -0.25) is 0 Å². The molecule has 0 saturated carbocycles. The molecule has 0 bridgehead atoms. The van der Waals surface area contributed by atoms with Crippen molar-refractivity contribution in [2.45, 2.75) is 96.8 Å². The average molecular weight is 390 g/mol. The maximum absolute atomic E-state index is 4.85. The van der Waals surface area contributed by atoms with Crippen LogP contribution in [0.15, 0.2) is 48.5 Å². The van der Waals surface area contributed by atoms with Crippen LogP contribution in [0.2, 0.25) is 0 Å². The molecule has 1 heteroatoms. The Hall–Kier alpha value is -1.89. The van der Waals surface area contributed by atoms with Gasteiger partial charge in [-0.25, -0.2) is 4.98 Å². The first-order chi connectivity index (χ1) is 14.4. The summed E-state index contributed by atoms with van der Waals surface area (Å²) in [5.41, 5.74) is 3.76. The Morgan fingerprint density at radius 1 is 0.517 bits per heavy atom. The van der Waals surface area contributed by atoms with E-state index in [4.69, 9.17) is 4.98 Å². The van der Waals surface area contributed by atoms with E-state index in [0.717, 1.165) is 11.0 Å². The fraction of sp³-hybridized carbons (Fsp3) is 0.536. The molecule has 0 amide bonds. The lowest BCUT2D eigenvalue weighted by molar-refractivity contribution is 0.539. The summed E-state index contributed by atoms with van der Waals surface area (Å²) in [6.07, 6.45) is 19.5. The quantitative estimate of drug-likeness (QED) is 0.198. The summed E-state index contributed by atoms with van der Waals surface area (Å²) in [6, 6.07) is 17.3. The molecule has 2 aromatic carbocycles. The first-order valence-electron chi connectivity index (χ1n) is 12.2. The van der Waals surface area contributed by atoms with Crippen molar-refractivity contribution in [3.63, 3.8) is 0 Å². The van der Waals surface area contributed by atoms with E-state index in [1.807, 2.05) is 0 Å². The second-order valence-electron chi connectivity index (χ2n) is 8.62. The number of fused-ring (bicyclic) bond motifs is 2. The maximum Gasteiger partial charge on any atom is 0.0712 e. The zero-order valence-electron chi connectivity index (χ0n) is 18.5. The molecule has 29 heavy (non-hydrogen) atoms. The summed E-state index contributed by atoms with van der Waals surface area (Å²) >= 11 is 0. The summed E-state index contributed by atoms with van der Waals surface area (Å²) in [7, 11) is 0. The van der Waals surface area contributed by atoms with Crippen LogP contribution in [0.3, 0.4) is 0 Å². The molecule has 1 heterocycles. The monoisotopic (exact) mass is 389 g/mol. The number of benzene rings is 2. The molecule has 0 aliphatic heterocycles. The molecule has 0 N–H and O–H groups in total. The number of hydrogen-bond acceptors (Lipinski definition) is 1.